The summed E-state index contributed by atoms with van der Waals surface area (Å²) < 4.78 is 3.53. The van der Waals surface area contributed by atoms with Crippen molar-refractivity contribution in [1.29, 1.82) is 0 Å². The van der Waals surface area contributed by atoms with Gasteiger partial charge in [-0.2, -0.15) is 0 Å². The molecule has 4 heteroatoms. The van der Waals surface area contributed by atoms with Crippen LogP contribution in [0.25, 0.3) is 15.2 Å². The van der Waals surface area contributed by atoms with Crippen LogP contribution in [0.2, 0.25) is 0 Å². The lowest BCUT2D eigenvalue weighted by Gasteiger charge is -2.10. The van der Waals surface area contributed by atoms with Gasteiger partial charge in [-0.05, 0) is 44.0 Å². The van der Waals surface area contributed by atoms with E-state index in [1.54, 1.807) is 11.3 Å². The molecule has 1 N–H and O–H groups in total. The average Bonchev–Trinajstić information content (AvgIpc) is 3.02. The molecule has 0 saturated carbocycles. The minimum absolute atomic E-state index is 0.547. The van der Waals surface area contributed by atoms with E-state index in [4.69, 9.17) is 0 Å². The highest BCUT2D eigenvalue weighted by Gasteiger charge is 2.17. The summed E-state index contributed by atoms with van der Waals surface area (Å²) in [5, 5.41) is 3.56. The molecule has 1 aromatic carbocycles. The smallest absolute Gasteiger partial charge is 0.194 e. The number of aromatic nitrogens is 2. The number of aryl methyl sites for hydroxylation is 1. The van der Waals surface area contributed by atoms with E-state index in [1.165, 1.54) is 28.6 Å². The zero-order valence-electron chi connectivity index (χ0n) is 10.3. The number of hydrogen-bond acceptors (Lipinski definition) is 3. The molecule has 1 saturated heterocycles. The van der Waals surface area contributed by atoms with Crippen molar-refractivity contribution in [3.05, 3.63) is 35.7 Å². The molecule has 0 aliphatic carbocycles. The summed E-state index contributed by atoms with van der Waals surface area (Å²) in [6.45, 7) is 3.19. The van der Waals surface area contributed by atoms with Gasteiger partial charge in [-0.25, -0.2) is 4.98 Å². The first-order valence-corrected chi connectivity index (χ1v) is 7.24. The van der Waals surface area contributed by atoms with Crippen molar-refractivity contribution >= 4 is 26.5 Å². The van der Waals surface area contributed by atoms with E-state index in [0.717, 1.165) is 17.2 Å². The molecule has 3 nitrogen and oxygen atoms in total. The van der Waals surface area contributed by atoms with Crippen LogP contribution < -0.4 is 5.32 Å². The van der Waals surface area contributed by atoms with Crippen LogP contribution in [0, 0.1) is 6.92 Å². The molecule has 92 valence electrons. The first-order chi connectivity index (χ1) is 8.81. The normalized spacial score (nSPS) is 20.2. The Morgan fingerprint density at radius 1 is 1.44 bits per heavy atom. The molecule has 3 aromatic rings. The van der Waals surface area contributed by atoms with Gasteiger partial charge in [0, 0.05) is 12.2 Å². The van der Waals surface area contributed by atoms with Gasteiger partial charge in [0.25, 0.3) is 0 Å². The molecular formula is C14H15N3S. The largest absolute Gasteiger partial charge is 0.310 e. The van der Waals surface area contributed by atoms with Crippen molar-refractivity contribution in [2.75, 3.05) is 6.54 Å². The van der Waals surface area contributed by atoms with Crippen molar-refractivity contribution in [1.82, 2.24) is 14.7 Å². The van der Waals surface area contributed by atoms with Crippen LogP contribution in [0.4, 0.5) is 0 Å². The summed E-state index contributed by atoms with van der Waals surface area (Å²) in [5.74, 6) is 0. The Labute approximate surface area is 109 Å². The van der Waals surface area contributed by atoms with Crippen LogP contribution in [-0.4, -0.2) is 15.9 Å². The fraction of sp³-hybridized carbons (Fsp3) is 0.357. The van der Waals surface area contributed by atoms with Gasteiger partial charge >= 0.3 is 0 Å². The Kier molecular flexibility index (Phi) is 2.22. The minimum atomic E-state index is 0.547. The maximum absolute atomic E-state index is 4.54. The minimum Gasteiger partial charge on any atom is -0.310 e. The molecule has 18 heavy (non-hydrogen) atoms. The lowest BCUT2D eigenvalue weighted by molar-refractivity contribution is 0.648. The van der Waals surface area contributed by atoms with Crippen molar-refractivity contribution in [3.8, 4) is 0 Å². The third-order valence-electron chi connectivity index (χ3n) is 3.70. The molecule has 0 bridgehead atoms. The van der Waals surface area contributed by atoms with E-state index in [2.05, 4.69) is 39.1 Å². The molecule has 1 aliphatic heterocycles. The Hall–Kier alpha value is -1.39. The fourth-order valence-electron chi connectivity index (χ4n) is 2.82. The molecule has 4 rings (SSSR count). The fourth-order valence-corrected chi connectivity index (χ4v) is 3.92. The SMILES string of the molecule is Cc1cn2c(n1)sc1cc(C3CCCN3)ccc12. The van der Waals surface area contributed by atoms with Gasteiger partial charge < -0.3 is 5.32 Å². The van der Waals surface area contributed by atoms with Crippen LogP contribution in [0.3, 0.4) is 0 Å². The topological polar surface area (TPSA) is 29.3 Å². The van der Waals surface area contributed by atoms with E-state index in [9.17, 15) is 0 Å². The second-order valence-electron chi connectivity index (χ2n) is 5.01. The summed E-state index contributed by atoms with van der Waals surface area (Å²) in [5.41, 5.74) is 3.78. The molecule has 1 unspecified atom stereocenters. The molecule has 0 amide bonds. The first-order valence-electron chi connectivity index (χ1n) is 6.43. The summed E-state index contributed by atoms with van der Waals surface area (Å²) in [6, 6.07) is 7.36. The number of benzene rings is 1. The zero-order valence-corrected chi connectivity index (χ0v) is 11.1. The maximum atomic E-state index is 4.54. The highest BCUT2D eigenvalue weighted by Crippen LogP contribution is 2.31. The van der Waals surface area contributed by atoms with Gasteiger partial charge in [-0.1, -0.05) is 17.4 Å². The van der Waals surface area contributed by atoms with E-state index >= 15 is 0 Å². The van der Waals surface area contributed by atoms with Gasteiger partial charge in [0.15, 0.2) is 4.96 Å². The molecular weight excluding hydrogens is 242 g/mol. The molecule has 2 aromatic heterocycles. The van der Waals surface area contributed by atoms with Crippen LogP contribution in [-0.2, 0) is 0 Å². The number of fused-ring (bicyclic) bond motifs is 3. The van der Waals surface area contributed by atoms with E-state index in [1.807, 2.05) is 6.92 Å². The summed E-state index contributed by atoms with van der Waals surface area (Å²) >= 11 is 1.78. The van der Waals surface area contributed by atoms with Crippen molar-refractivity contribution in [3.63, 3.8) is 0 Å². The van der Waals surface area contributed by atoms with Gasteiger partial charge in [-0.3, -0.25) is 4.40 Å². The molecule has 1 aliphatic rings. The van der Waals surface area contributed by atoms with Crippen molar-refractivity contribution in [2.45, 2.75) is 25.8 Å². The average molecular weight is 257 g/mol. The van der Waals surface area contributed by atoms with E-state index < -0.39 is 0 Å². The Balaban J connectivity index is 1.89. The lowest BCUT2D eigenvalue weighted by atomic mass is 10.1. The van der Waals surface area contributed by atoms with Crippen LogP contribution in [0.1, 0.15) is 30.1 Å². The van der Waals surface area contributed by atoms with Gasteiger partial charge in [0.05, 0.1) is 15.9 Å². The highest BCUT2D eigenvalue weighted by molar-refractivity contribution is 7.23. The molecule has 0 spiro atoms. The predicted molar refractivity (Wildman–Crippen MR) is 75.3 cm³/mol. The van der Waals surface area contributed by atoms with Gasteiger partial charge in [0.2, 0.25) is 0 Å². The summed E-state index contributed by atoms with van der Waals surface area (Å²) in [4.78, 5) is 5.64. The van der Waals surface area contributed by atoms with Crippen molar-refractivity contribution < 1.29 is 0 Å². The number of rotatable bonds is 1. The number of hydrogen-bond donors (Lipinski definition) is 1. The molecule has 3 heterocycles. The molecule has 0 radical (unpaired) electrons. The number of imidazole rings is 1. The van der Waals surface area contributed by atoms with E-state index in [0.29, 0.717) is 6.04 Å². The second kappa shape index (κ2) is 3.80. The Morgan fingerprint density at radius 3 is 3.22 bits per heavy atom. The van der Waals surface area contributed by atoms with Crippen LogP contribution in [0.15, 0.2) is 24.4 Å². The molecule has 1 fully saturated rings. The zero-order chi connectivity index (χ0) is 12.1. The maximum Gasteiger partial charge on any atom is 0.194 e. The third-order valence-corrected chi connectivity index (χ3v) is 4.72. The van der Waals surface area contributed by atoms with Gasteiger partial charge in [0.1, 0.15) is 0 Å². The Morgan fingerprint density at radius 2 is 2.39 bits per heavy atom. The third kappa shape index (κ3) is 1.49. The lowest BCUT2D eigenvalue weighted by Crippen LogP contribution is -2.12. The number of nitrogens with one attached hydrogen (secondary N) is 1. The predicted octanol–water partition coefficient (Wildman–Crippen LogP) is 3.28. The highest BCUT2D eigenvalue weighted by atomic mass is 32.1. The summed E-state index contributed by atoms with van der Waals surface area (Å²) in [6.07, 6.45) is 4.66. The molecule has 1 atom stereocenters. The van der Waals surface area contributed by atoms with Gasteiger partial charge in [-0.15, -0.1) is 0 Å². The number of nitrogens with zero attached hydrogens (tertiary/aromatic N) is 2. The first kappa shape index (κ1) is 10.5. The number of thiazole rings is 1. The standard InChI is InChI=1S/C14H15N3S/c1-9-8-17-12-5-4-10(11-3-2-6-15-11)7-13(12)18-14(17)16-9/h4-5,7-8,11,15H,2-3,6H2,1H3. The second-order valence-corrected chi connectivity index (χ2v) is 6.02. The Bertz CT molecular complexity index is 719. The van der Waals surface area contributed by atoms with Crippen LogP contribution >= 0.6 is 11.3 Å². The van der Waals surface area contributed by atoms with Crippen molar-refractivity contribution in [2.24, 2.45) is 0 Å². The quantitative estimate of drug-likeness (QED) is 0.725. The van der Waals surface area contributed by atoms with E-state index in [-0.39, 0.29) is 0 Å². The van der Waals surface area contributed by atoms with Crippen LogP contribution in [0.5, 0.6) is 0 Å². The monoisotopic (exact) mass is 257 g/mol. The summed E-state index contributed by atoms with van der Waals surface area (Å²) in [7, 11) is 0.